The van der Waals surface area contributed by atoms with E-state index < -0.39 is 8.80 Å². The molecular weight excluding hydrogens is 231 g/mol. The monoisotopic (exact) mass is 242 g/mol. The molecule has 62 valence electrons. The van der Waals surface area contributed by atoms with Crippen LogP contribution >= 0.6 is 0 Å². The fraction of sp³-hybridized carbons (Fsp3) is 0.429. The van der Waals surface area contributed by atoms with Crippen molar-refractivity contribution in [3.05, 3.63) is 24.3 Å². The van der Waals surface area contributed by atoms with Gasteiger partial charge in [0, 0.05) is 8.80 Å². The van der Waals surface area contributed by atoms with Crippen LogP contribution in [0.1, 0.15) is 0 Å². The SMILES string of the molecule is C[SiH](C)C1C=CC=C1.[Cl-].[Cl-].[Ti+2]. The van der Waals surface area contributed by atoms with Crippen LogP contribution in [0, 0.1) is 0 Å². The molecular formula is C7H12Cl2SiTi. The molecule has 4 heteroatoms. The summed E-state index contributed by atoms with van der Waals surface area (Å²) in [6, 6.07) is 0. The third kappa shape index (κ3) is 6.18. The number of halogens is 2. The topological polar surface area (TPSA) is 0 Å². The molecule has 0 aromatic rings. The summed E-state index contributed by atoms with van der Waals surface area (Å²) in [5.41, 5.74) is 0.843. The van der Waals surface area contributed by atoms with Crippen LogP contribution in [0.3, 0.4) is 0 Å². The van der Waals surface area contributed by atoms with Crippen LogP contribution in [-0.4, -0.2) is 8.80 Å². The Balaban J connectivity index is -0.000000213. The van der Waals surface area contributed by atoms with Crippen molar-refractivity contribution in [2.45, 2.75) is 18.6 Å². The van der Waals surface area contributed by atoms with Crippen molar-refractivity contribution in [3.63, 3.8) is 0 Å². The Morgan fingerprint density at radius 2 is 1.36 bits per heavy atom. The molecule has 0 radical (unpaired) electrons. The summed E-state index contributed by atoms with van der Waals surface area (Å²) < 4.78 is 0. The van der Waals surface area contributed by atoms with Gasteiger partial charge in [-0.1, -0.05) is 37.4 Å². The zero-order valence-electron chi connectivity index (χ0n) is 6.72. The fourth-order valence-corrected chi connectivity index (χ4v) is 2.04. The maximum absolute atomic E-state index is 2.38. The molecule has 0 saturated heterocycles. The number of hydrogen-bond donors (Lipinski definition) is 0. The fourth-order valence-electron chi connectivity index (χ4n) is 0.893. The van der Waals surface area contributed by atoms with E-state index in [1.807, 2.05) is 0 Å². The van der Waals surface area contributed by atoms with Crippen LogP contribution in [0.15, 0.2) is 24.3 Å². The van der Waals surface area contributed by atoms with E-state index in [0.29, 0.717) is 0 Å². The molecule has 0 aromatic heterocycles. The Morgan fingerprint density at radius 1 is 1.00 bits per heavy atom. The van der Waals surface area contributed by atoms with E-state index in [9.17, 15) is 0 Å². The van der Waals surface area contributed by atoms with Gasteiger partial charge in [0.2, 0.25) is 0 Å². The van der Waals surface area contributed by atoms with E-state index >= 15 is 0 Å². The average Bonchev–Trinajstić information content (AvgIpc) is 2.12. The van der Waals surface area contributed by atoms with Gasteiger partial charge in [0.25, 0.3) is 0 Å². The van der Waals surface area contributed by atoms with Crippen molar-refractivity contribution in [2.24, 2.45) is 0 Å². The molecule has 1 aliphatic carbocycles. The molecule has 0 heterocycles. The predicted octanol–water partition coefficient (Wildman–Crippen LogP) is -4.03. The first-order valence-corrected chi connectivity index (χ1v) is 6.13. The molecule has 0 atom stereocenters. The van der Waals surface area contributed by atoms with Gasteiger partial charge in [0.1, 0.15) is 0 Å². The maximum atomic E-state index is 2.38. The zero-order valence-corrected chi connectivity index (χ0v) is 10.9. The van der Waals surface area contributed by atoms with Gasteiger partial charge < -0.3 is 24.8 Å². The van der Waals surface area contributed by atoms with Crippen LogP contribution in [0.25, 0.3) is 0 Å². The Hall–Kier alpha value is 0.991. The second kappa shape index (κ2) is 9.08. The smallest absolute Gasteiger partial charge is 1.00 e. The maximum Gasteiger partial charge on any atom is 2.00 e. The zero-order chi connectivity index (χ0) is 5.98. The summed E-state index contributed by atoms with van der Waals surface area (Å²) in [4.78, 5) is 0. The second-order valence-electron chi connectivity index (χ2n) is 2.59. The van der Waals surface area contributed by atoms with Crippen molar-refractivity contribution in [3.8, 4) is 0 Å². The Labute approximate surface area is 97.8 Å². The summed E-state index contributed by atoms with van der Waals surface area (Å²) in [6.45, 7) is 4.76. The minimum Gasteiger partial charge on any atom is -1.00 e. The molecule has 0 N–H and O–H groups in total. The van der Waals surface area contributed by atoms with Gasteiger partial charge >= 0.3 is 21.7 Å². The van der Waals surface area contributed by atoms with Crippen LogP contribution in [0.4, 0.5) is 0 Å². The minimum absolute atomic E-state index is 0. The number of hydrogen-bond acceptors (Lipinski definition) is 0. The molecule has 0 saturated carbocycles. The Kier molecular flexibility index (Phi) is 14.8. The van der Waals surface area contributed by atoms with E-state index in [0.717, 1.165) is 5.54 Å². The van der Waals surface area contributed by atoms with Crippen molar-refractivity contribution in [1.82, 2.24) is 0 Å². The van der Waals surface area contributed by atoms with Crippen LogP contribution < -0.4 is 24.8 Å². The Bertz CT molecular complexity index is 122. The van der Waals surface area contributed by atoms with Gasteiger partial charge in [-0.15, -0.1) is 0 Å². The van der Waals surface area contributed by atoms with E-state index in [1.54, 1.807) is 0 Å². The summed E-state index contributed by atoms with van der Waals surface area (Å²) in [5.74, 6) is 0. The third-order valence-corrected chi connectivity index (χ3v) is 3.53. The molecule has 0 aromatic carbocycles. The van der Waals surface area contributed by atoms with Gasteiger partial charge in [-0.25, -0.2) is 0 Å². The molecule has 0 aliphatic heterocycles. The molecule has 0 amide bonds. The quantitative estimate of drug-likeness (QED) is 0.411. The average molecular weight is 243 g/mol. The molecule has 1 aliphatic rings. The van der Waals surface area contributed by atoms with Crippen molar-refractivity contribution >= 4 is 8.80 Å². The summed E-state index contributed by atoms with van der Waals surface area (Å²) in [5, 5.41) is 0. The predicted molar refractivity (Wildman–Crippen MR) is 40.9 cm³/mol. The van der Waals surface area contributed by atoms with Crippen molar-refractivity contribution in [2.75, 3.05) is 0 Å². The largest absolute Gasteiger partial charge is 2.00 e. The molecule has 11 heavy (non-hydrogen) atoms. The molecule has 0 fully saturated rings. The van der Waals surface area contributed by atoms with Gasteiger partial charge in [-0.3, -0.25) is 0 Å². The standard InChI is InChI=1S/C7H12Si.2ClH.Ti/c1-8(2)7-5-3-4-6-7;;;/h3-8H,1-2H3;2*1H;/q;;;+2/p-2. The first-order valence-electron chi connectivity index (χ1n) is 3.15. The Morgan fingerprint density at radius 3 is 1.55 bits per heavy atom. The first kappa shape index (κ1) is 17.9. The first-order chi connectivity index (χ1) is 3.80. The minimum atomic E-state index is -0.397. The van der Waals surface area contributed by atoms with Crippen molar-refractivity contribution in [1.29, 1.82) is 0 Å². The molecule has 0 unspecified atom stereocenters. The number of allylic oxidation sites excluding steroid dienone is 4. The summed E-state index contributed by atoms with van der Waals surface area (Å²) in [6.07, 6.45) is 8.91. The van der Waals surface area contributed by atoms with Gasteiger partial charge in [-0.2, -0.15) is 0 Å². The van der Waals surface area contributed by atoms with Crippen molar-refractivity contribution < 1.29 is 46.5 Å². The van der Waals surface area contributed by atoms with Crippen LogP contribution in [0.5, 0.6) is 0 Å². The number of rotatable bonds is 1. The van der Waals surface area contributed by atoms with E-state index in [2.05, 4.69) is 37.4 Å². The van der Waals surface area contributed by atoms with Gasteiger partial charge in [0.05, 0.1) is 0 Å². The van der Waals surface area contributed by atoms with Crippen LogP contribution in [-0.2, 0) is 21.7 Å². The van der Waals surface area contributed by atoms with E-state index in [-0.39, 0.29) is 46.5 Å². The summed E-state index contributed by atoms with van der Waals surface area (Å²) in [7, 11) is -0.397. The van der Waals surface area contributed by atoms with Crippen LogP contribution in [0.2, 0.25) is 18.6 Å². The van der Waals surface area contributed by atoms with E-state index in [1.165, 1.54) is 0 Å². The molecule has 0 spiro atoms. The summed E-state index contributed by atoms with van der Waals surface area (Å²) >= 11 is 0. The molecule has 0 bridgehead atoms. The normalized spacial score (nSPS) is 13.7. The second-order valence-corrected chi connectivity index (χ2v) is 5.85. The van der Waals surface area contributed by atoms with Gasteiger partial charge in [-0.05, 0) is 5.54 Å². The van der Waals surface area contributed by atoms with E-state index in [4.69, 9.17) is 0 Å². The molecule has 0 nitrogen and oxygen atoms in total. The van der Waals surface area contributed by atoms with Gasteiger partial charge in [0.15, 0.2) is 0 Å². The third-order valence-electron chi connectivity index (χ3n) is 1.55. The molecule has 1 rings (SSSR count).